The van der Waals surface area contributed by atoms with Gasteiger partial charge in [-0.3, -0.25) is 0 Å². The Bertz CT molecular complexity index is 331. The molecular formula is C11H16N2O. The van der Waals surface area contributed by atoms with Crippen LogP contribution in [0.4, 0.5) is 0 Å². The first-order valence-electron chi connectivity index (χ1n) is 5.51. The third-order valence-corrected chi connectivity index (χ3v) is 3.75. The summed E-state index contributed by atoms with van der Waals surface area (Å²) < 4.78 is 5.37. The number of nitrogens with zero attached hydrogens (tertiary/aromatic N) is 1. The average Bonchev–Trinajstić information content (AvgIpc) is 2.86. The Morgan fingerprint density at radius 3 is 2.79 bits per heavy atom. The van der Waals surface area contributed by atoms with Gasteiger partial charge < -0.3 is 10.3 Å². The van der Waals surface area contributed by atoms with Crippen LogP contribution in [-0.2, 0) is 5.41 Å². The van der Waals surface area contributed by atoms with Gasteiger partial charge in [-0.25, -0.2) is 0 Å². The second kappa shape index (κ2) is 2.83. The summed E-state index contributed by atoms with van der Waals surface area (Å²) >= 11 is 0. The molecule has 2 saturated carbocycles. The van der Waals surface area contributed by atoms with E-state index in [2.05, 4.69) is 11.2 Å². The molecule has 14 heavy (non-hydrogen) atoms. The van der Waals surface area contributed by atoms with E-state index in [1.807, 2.05) is 0 Å². The second-order valence-corrected chi connectivity index (χ2v) is 4.73. The molecule has 2 N–H and O–H groups in total. The normalized spacial score (nSPS) is 24.6. The smallest absolute Gasteiger partial charge is 0.140 e. The van der Waals surface area contributed by atoms with Crippen LogP contribution in [0, 0.1) is 0 Å². The van der Waals surface area contributed by atoms with E-state index in [0.717, 1.165) is 11.5 Å². The summed E-state index contributed by atoms with van der Waals surface area (Å²) in [7, 11) is 0. The molecule has 2 fully saturated rings. The van der Waals surface area contributed by atoms with Crippen molar-refractivity contribution in [1.29, 1.82) is 0 Å². The van der Waals surface area contributed by atoms with Gasteiger partial charge in [-0.2, -0.15) is 0 Å². The molecule has 1 heterocycles. The van der Waals surface area contributed by atoms with Gasteiger partial charge in [0, 0.05) is 23.9 Å². The minimum atomic E-state index is 0.163. The van der Waals surface area contributed by atoms with Crippen molar-refractivity contribution < 1.29 is 4.52 Å². The quantitative estimate of drug-likeness (QED) is 0.796. The van der Waals surface area contributed by atoms with Crippen LogP contribution >= 0.6 is 0 Å². The number of rotatable bonds is 3. The first kappa shape index (κ1) is 8.48. The van der Waals surface area contributed by atoms with Crippen molar-refractivity contribution >= 4 is 0 Å². The Hall–Kier alpha value is -0.830. The van der Waals surface area contributed by atoms with Gasteiger partial charge in [0.25, 0.3) is 0 Å². The Morgan fingerprint density at radius 1 is 1.50 bits per heavy atom. The number of nitrogens with two attached hydrogens (primary N) is 1. The maximum absolute atomic E-state index is 5.82. The van der Waals surface area contributed by atoms with Crippen LogP contribution < -0.4 is 5.73 Å². The number of aromatic nitrogens is 1. The van der Waals surface area contributed by atoms with Gasteiger partial charge in [0.15, 0.2) is 0 Å². The molecule has 0 atom stereocenters. The molecule has 0 unspecified atom stereocenters. The predicted octanol–water partition coefficient (Wildman–Crippen LogP) is 1.93. The lowest BCUT2D eigenvalue weighted by atomic mass is 9.66. The van der Waals surface area contributed by atoms with Crippen LogP contribution in [0.2, 0.25) is 0 Å². The van der Waals surface area contributed by atoms with Crippen molar-refractivity contribution in [3.63, 3.8) is 0 Å². The maximum Gasteiger partial charge on any atom is 0.140 e. The molecule has 2 aliphatic carbocycles. The lowest BCUT2D eigenvalue weighted by Crippen LogP contribution is -2.41. The molecule has 3 heteroatoms. The molecule has 3 rings (SSSR count). The van der Waals surface area contributed by atoms with Crippen molar-refractivity contribution in [1.82, 2.24) is 5.16 Å². The van der Waals surface area contributed by atoms with Gasteiger partial charge in [-0.05, 0) is 25.7 Å². The van der Waals surface area contributed by atoms with Crippen molar-refractivity contribution in [2.75, 3.05) is 6.54 Å². The maximum atomic E-state index is 5.82. The van der Waals surface area contributed by atoms with Gasteiger partial charge >= 0.3 is 0 Å². The zero-order valence-electron chi connectivity index (χ0n) is 8.33. The van der Waals surface area contributed by atoms with Gasteiger partial charge in [0.1, 0.15) is 5.76 Å². The Balaban J connectivity index is 1.87. The highest BCUT2D eigenvalue weighted by Crippen LogP contribution is 2.45. The lowest BCUT2D eigenvalue weighted by molar-refractivity contribution is 0.233. The van der Waals surface area contributed by atoms with Crippen molar-refractivity contribution in [2.45, 2.75) is 43.4 Å². The molecule has 0 spiro atoms. The first-order valence-corrected chi connectivity index (χ1v) is 5.51. The van der Waals surface area contributed by atoms with E-state index in [1.54, 1.807) is 0 Å². The molecule has 0 aliphatic heterocycles. The number of hydrogen-bond donors (Lipinski definition) is 1. The molecule has 2 aliphatic rings. The van der Waals surface area contributed by atoms with Crippen LogP contribution in [0.1, 0.15) is 49.5 Å². The standard InChI is InChI=1S/C11H16N2O/c12-7-11(4-1-5-11)10-6-9(14-13-10)8-2-3-8/h6,8H,1-5,7,12H2. The predicted molar refractivity (Wildman–Crippen MR) is 53.1 cm³/mol. The van der Waals surface area contributed by atoms with Gasteiger partial charge in [-0.1, -0.05) is 11.6 Å². The zero-order chi connectivity index (χ0) is 9.60. The Morgan fingerprint density at radius 2 is 2.29 bits per heavy atom. The van der Waals surface area contributed by atoms with Gasteiger partial charge in [0.2, 0.25) is 0 Å². The Labute approximate surface area is 83.6 Å². The fourth-order valence-corrected chi connectivity index (χ4v) is 2.27. The highest BCUT2D eigenvalue weighted by atomic mass is 16.5. The highest BCUT2D eigenvalue weighted by molar-refractivity contribution is 5.24. The van der Waals surface area contributed by atoms with E-state index in [4.69, 9.17) is 10.3 Å². The lowest BCUT2D eigenvalue weighted by Gasteiger charge is -2.38. The monoisotopic (exact) mass is 192 g/mol. The van der Waals surface area contributed by atoms with Gasteiger partial charge in [-0.15, -0.1) is 0 Å². The highest BCUT2D eigenvalue weighted by Gasteiger charge is 2.41. The van der Waals surface area contributed by atoms with Crippen molar-refractivity contribution in [2.24, 2.45) is 5.73 Å². The summed E-state index contributed by atoms with van der Waals surface area (Å²) in [6.07, 6.45) is 6.18. The third-order valence-electron chi connectivity index (χ3n) is 3.75. The van der Waals surface area contributed by atoms with Crippen molar-refractivity contribution in [3.05, 3.63) is 17.5 Å². The molecule has 0 amide bonds. The molecule has 76 valence electrons. The van der Waals surface area contributed by atoms with E-state index in [9.17, 15) is 0 Å². The molecule has 0 radical (unpaired) electrons. The number of hydrogen-bond acceptors (Lipinski definition) is 3. The molecule has 1 aromatic heterocycles. The largest absolute Gasteiger partial charge is 0.361 e. The summed E-state index contributed by atoms with van der Waals surface area (Å²) in [5, 5.41) is 4.19. The molecule has 0 saturated heterocycles. The summed E-state index contributed by atoms with van der Waals surface area (Å²) in [5.41, 5.74) is 7.09. The van der Waals surface area contributed by atoms with E-state index >= 15 is 0 Å². The summed E-state index contributed by atoms with van der Waals surface area (Å²) in [6, 6.07) is 2.14. The van der Waals surface area contributed by atoms with Crippen molar-refractivity contribution in [3.8, 4) is 0 Å². The topological polar surface area (TPSA) is 52.0 Å². The van der Waals surface area contributed by atoms with E-state index in [0.29, 0.717) is 12.5 Å². The zero-order valence-corrected chi connectivity index (χ0v) is 8.33. The second-order valence-electron chi connectivity index (χ2n) is 4.73. The van der Waals surface area contributed by atoms with Crippen LogP contribution in [-0.4, -0.2) is 11.7 Å². The molecule has 0 aromatic carbocycles. The average molecular weight is 192 g/mol. The van der Waals surface area contributed by atoms with Gasteiger partial charge in [0.05, 0.1) is 5.69 Å². The van der Waals surface area contributed by atoms with E-state index in [1.165, 1.54) is 32.1 Å². The van der Waals surface area contributed by atoms with Crippen LogP contribution in [0.15, 0.2) is 10.6 Å². The minimum Gasteiger partial charge on any atom is -0.361 e. The van der Waals surface area contributed by atoms with E-state index < -0.39 is 0 Å². The van der Waals surface area contributed by atoms with Crippen LogP contribution in [0.5, 0.6) is 0 Å². The fourth-order valence-electron chi connectivity index (χ4n) is 2.27. The van der Waals surface area contributed by atoms with Crippen LogP contribution in [0.25, 0.3) is 0 Å². The van der Waals surface area contributed by atoms with E-state index in [-0.39, 0.29) is 5.41 Å². The first-order chi connectivity index (χ1) is 6.84. The third kappa shape index (κ3) is 1.12. The minimum absolute atomic E-state index is 0.163. The molecular weight excluding hydrogens is 176 g/mol. The summed E-state index contributed by atoms with van der Waals surface area (Å²) in [6.45, 7) is 0.712. The summed E-state index contributed by atoms with van der Waals surface area (Å²) in [4.78, 5) is 0. The Kier molecular flexibility index (Phi) is 1.71. The molecule has 1 aromatic rings. The molecule has 3 nitrogen and oxygen atoms in total. The summed E-state index contributed by atoms with van der Waals surface area (Å²) in [5.74, 6) is 1.74. The fraction of sp³-hybridized carbons (Fsp3) is 0.727. The SMILES string of the molecule is NCC1(c2cc(C3CC3)on2)CCC1. The molecule has 0 bridgehead atoms. The van der Waals surface area contributed by atoms with Crippen LogP contribution in [0.3, 0.4) is 0 Å².